The van der Waals surface area contributed by atoms with E-state index in [4.69, 9.17) is 4.74 Å². The third-order valence-electron chi connectivity index (χ3n) is 4.85. The molecule has 1 N–H and O–H groups in total. The second-order valence-electron chi connectivity index (χ2n) is 5.88. The fourth-order valence-electron chi connectivity index (χ4n) is 3.12. The van der Waals surface area contributed by atoms with E-state index in [-0.39, 0.29) is 24.0 Å². The average molecular weight is 291 g/mol. The summed E-state index contributed by atoms with van der Waals surface area (Å²) in [6, 6.07) is 9.43. The Morgan fingerprint density at radius 1 is 1.33 bits per heavy atom. The molecule has 4 nitrogen and oxygen atoms in total. The molecule has 1 atom stereocenters. The lowest BCUT2D eigenvalue weighted by Gasteiger charge is -2.42. The Balaban J connectivity index is 2.15. The van der Waals surface area contributed by atoms with Crippen molar-refractivity contribution >= 4 is 5.97 Å². The zero-order valence-electron chi connectivity index (χ0n) is 12.9. The lowest BCUT2D eigenvalue weighted by Crippen LogP contribution is -2.45. The number of ether oxygens (including phenoxy) is 1. The number of carbonyl (C=O) groups is 1. The van der Waals surface area contributed by atoms with Gasteiger partial charge in [-0.05, 0) is 43.3 Å². The number of piperidine rings is 1. The van der Waals surface area contributed by atoms with Gasteiger partial charge in [-0.25, -0.2) is 4.79 Å². The van der Waals surface area contributed by atoms with Crippen LogP contribution in [-0.4, -0.2) is 42.8 Å². The maximum absolute atomic E-state index is 12.2. The van der Waals surface area contributed by atoms with Crippen molar-refractivity contribution in [3.8, 4) is 0 Å². The third-order valence-corrected chi connectivity index (χ3v) is 4.85. The maximum Gasteiger partial charge on any atom is 0.327 e. The van der Waals surface area contributed by atoms with Crippen molar-refractivity contribution in [2.24, 2.45) is 5.41 Å². The van der Waals surface area contributed by atoms with Crippen LogP contribution in [0.3, 0.4) is 0 Å². The summed E-state index contributed by atoms with van der Waals surface area (Å²) in [4.78, 5) is 14.4. The van der Waals surface area contributed by atoms with E-state index in [1.807, 2.05) is 30.3 Å². The topological polar surface area (TPSA) is 49.8 Å². The van der Waals surface area contributed by atoms with Crippen molar-refractivity contribution < 1.29 is 14.6 Å². The van der Waals surface area contributed by atoms with Crippen molar-refractivity contribution in [3.05, 3.63) is 35.9 Å². The van der Waals surface area contributed by atoms with Crippen LogP contribution < -0.4 is 0 Å². The van der Waals surface area contributed by atoms with E-state index in [1.165, 1.54) is 7.11 Å². The normalized spacial score (nSPS) is 20.0. The first-order chi connectivity index (χ1) is 10.2. The van der Waals surface area contributed by atoms with Crippen LogP contribution >= 0.6 is 0 Å². The highest BCUT2D eigenvalue weighted by molar-refractivity contribution is 5.77. The van der Waals surface area contributed by atoms with Crippen LogP contribution in [-0.2, 0) is 9.53 Å². The van der Waals surface area contributed by atoms with Crippen LogP contribution in [0.2, 0.25) is 0 Å². The van der Waals surface area contributed by atoms with Gasteiger partial charge < -0.3 is 9.84 Å². The molecule has 0 radical (unpaired) electrons. The summed E-state index contributed by atoms with van der Waals surface area (Å²) in [6.07, 6.45) is 2.81. The monoisotopic (exact) mass is 291 g/mol. The highest BCUT2D eigenvalue weighted by Crippen LogP contribution is 2.37. The number of rotatable bonds is 5. The largest absolute Gasteiger partial charge is 0.468 e. The van der Waals surface area contributed by atoms with Crippen molar-refractivity contribution in [3.63, 3.8) is 0 Å². The predicted molar refractivity (Wildman–Crippen MR) is 81.8 cm³/mol. The van der Waals surface area contributed by atoms with Gasteiger partial charge in [-0.1, -0.05) is 37.3 Å². The number of aliphatic hydroxyl groups is 1. The van der Waals surface area contributed by atoms with E-state index in [2.05, 4.69) is 11.8 Å². The first kappa shape index (κ1) is 16.0. The van der Waals surface area contributed by atoms with Gasteiger partial charge in [0, 0.05) is 6.61 Å². The number of methoxy groups -OCH3 is 1. The lowest BCUT2D eigenvalue weighted by molar-refractivity contribution is -0.148. The molecule has 1 aromatic rings. The smallest absolute Gasteiger partial charge is 0.327 e. The minimum atomic E-state index is -0.343. The number of hydrogen-bond donors (Lipinski definition) is 1. The van der Waals surface area contributed by atoms with E-state index >= 15 is 0 Å². The van der Waals surface area contributed by atoms with Gasteiger partial charge in [0.1, 0.15) is 6.04 Å². The highest BCUT2D eigenvalue weighted by atomic mass is 16.5. The van der Waals surface area contributed by atoms with Crippen molar-refractivity contribution in [1.82, 2.24) is 4.90 Å². The molecule has 0 saturated carbocycles. The van der Waals surface area contributed by atoms with Gasteiger partial charge in [-0.15, -0.1) is 0 Å². The van der Waals surface area contributed by atoms with Crippen LogP contribution in [0.25, 0.3) is 0 Å². The van der Waals surface area contributed by atoms with E-state index in [0.29, 0.717) is 0 Å². The van der Waals surface area contributed by atoms with Crippen molar-refractivity contribution in [2.45, 2.75) is 32.2 Å². The molecule has 0 amide bonds. The second-order valence-corrected chi connectivity index (χ2v) is 5.88. The Morgan fingerprint density at radius 3 is 2.43 bits per heavy atom. The SMILES string of the molecule is CCC1(CO)CCN(C(C(=O)OC)c2ccccc2)CC1. The zero-order chi connectivity index (χ0) is 15.3. The molecule has 1 aliphatic rings. The molecular weight excluding hydrogens is 266 g/mol. The molecule has 21 heavy (non-hydrogen) atoms. The molecule has 4 heteroatoms. The van der Waals surface area contributed by atoms with E-state index in [1.54, 1.807) is 0 Å². The zero-order valence-corrected chi connectivity index (χ0v) is 12.9. The number of nitrogens with zero attached hydrogens (tertiary/aromatic N) is 1. The first-order valence-electron chi connectivity index (χ1n) is 7.63. The molecule has 0 aliphatic carbocycles. The molecule has 116 valence electrons. The highest BCUT2D eigenvalue weighted by Gasteiger charge is 2.37. The third kappa shape index (κ3) is 3.44. The minimum Gasteiger partial charge on any atom is -0.468 e. The Labute approximate surface area is 126 Å². The molecule has 0 bridgehead atoms. The standard InChI is InChI=1S/C17H25NO3/c1-3-17(13-19)9-11-18(12-10-17)15(16(20)21-2)14-7-5-4-6-8-14/h4-8,15,19H,3,9-13H2,1-2H3. The van der Waals surface area contributed by atoms with Crippen molar-refractivity contribution in [2.75, 3.05) is 26.8 Å². The van der Waals surface area contributed by atoms with Gasteiger partial charge in [0.25, 0.3) is 0 Å². The summed E-state index contributed by atoms with van der Waals surface area (Å²) >= 11 is 0. The number of hydrogen-bond acceptors (Lipinski definition) is 4. The lowest BCUT2D eigenvalue weighted by atomic mass is 9.76. The molecule has 0 spiro atoms. The number of esters is 1. The van der Waals surface area contributed by atoms with Gasteiger partial charge in [0.15, 0.2) is 0 Å². The fourth-order valence-corrected chi connectivity index (χ4v) is 3.12. The van der Waals surface area contributed by atoms with E-state index in [0.717, 1.165) is 37.9 Å². The Hall–Kier alpha value is -1.39. The molecule has 0 aromatic heterocycles. The molecule has 1 heterocycles. The van der Waals surface area contributed by atoms with Crippen LogP contribution in [0.5, 0.6) is 0 Å². The summed E-state index contributed by atoms with van der Waals surface area (Å²) < 4.78 is 4.99. The predicted octanol–water partition coefficient (Wildman–Crippen LogP) is 2.39. The summed E-state index contributed by atoms with van der Waals surface area (Å²) in [5.41, 5.74) is 0.991. The number of likely N-dealkylation sites (tertiary alicyclic amines) is 1. The number of aliphatic hydroxyl groups excluding tert-OH is 1. The Bertz CT molecular complexity index is 446. The van der Waals surface area contributed by atoms with Crippen LogP contribution in [0, 0.1) is 5.41 Å². The number of benzene rings is 1. The van der Waals surface area contributed by atoms with E-state index in [9.17, 15) is 9.90 Å². The minimum absolute atomic E-state index is 0.0217. The van der Waals surface area contributed by atoms with Crippen LogP contribution in [0.4, 0.5) is 0 Å². The Morgan fingerprint density at radius 2 is 1.95 bits per heavy atom. The summed E-state index contributed by atoms with van der Waals surface area (Å²) in [6.45, 7) is 3.97. The van der Waals surface area contributed by atoms with Crippen molar-refractivity contribution in [1.29, 1.82) is 0 Å². The maximum atomic E-state index is 12.2. The molecule has 1 fully saturated rings. The van der Waals surface area contributed by atoms with Crippen LogP contribution in [0.15, 0.2) is 30.3 Å². The molecular formula is C17H25NO3. The molecule has 1 aliphatic heterocycles. The number of carbonyl (C=O) groups excluding carboxylic acids is 1. The van der Waals surface area contributed by atoms with Gasteiger partial charge in [-0.2, -0.15) is 0 Å². The molecule has 1 unspecified atom stereocenters. The van der Waals surface area contributed by atoms with Gasteiger partial charge in [0.2, 0.25) is 0 Å². The average Bonchev–Trinajstić information content (AvgIpc) is 2.56. The quantitative estimate of drug-likeness (QED) is 0.846. The summed E-state index contributed by atoms with van der Waals surface area (Å²) in [5.74, 6) is -0.214. The second kappa shape index (κ2) is 7.05. The van der Waals surface area contributed by atoms with Gasteiger partial charge in [-0.3, -0.25) is 4.90 Å². The van der Waals surface area contributed by atoms with Gasteiger partial charge >= 0.3 is 5.97 Å². The molecule has 2 rings (SSSR count). The van der Waals surface area contributed by atoms with Gasteiger partial charge in [0.05, 0.1) is 7.11 Å². The summed E-state index contributed by atoms with van der Waals surface area (Å²) in [5, 5.41) is 9.63. The van der Waals surface area contributed by atoms with Crippen LogP contribution in [0.1, 0.15) is 37.8 Å². The molecule has 1 saturated heterocycles. The first-order valence-corrected chi connectivity index (χ1v) is 7.63. The Kier molecular flexibility index (Phi) is 5.37. The fraction of sp³-hybridized carbons (Fsp3) is 0.588. The molecule has 1 aromatic carbocycles. The van der Waals surface area contributed by atoms with E-state index < -0.39 is 0 Å². The summed E-state index contributed by atoms with van der Waals surface area (Å²) in [7, 11) is 1.44.